The van der Waals surface area contributed by atoms with Gasteiger partial charge in [-0.25, -0.2) is 4.79 Å². The maximum absolute atomic E-state index is 12.5. The largest absolute Gasteiger partial charge is 0.339 e. The average Bonchev–Trinajstić information content (AvgIpc) is 3.01. The number of benzene rings is 3. The Morgan fingerprint density at radius 3 is 1.83 bits per heavy atom. The number of carbonyl (C=O) groups excluding carboxylic acids is 3. The third kappa shape index (κ3) is 3.04. The Morgan fingerprint density at radius 2 is 1.27 bits per heavy atom. The number of rotatable bonds is 4. The van der Waals surface area contributed by atoms with Crippen LogP contribution < -0.4 is 4.90 Å². The summed E-state index contributed by atoms with van der Waals surface area (Å²) < 4.78 is 0. The van der Waals surface area contributed by atoms with Crippen molar-refractivity contribution < 1.29 is 19.2 Å². The van der Waals surface area contributed by atoms with Crippen molar-refractivity contribution in [3.8, 4) is 0 Å². The Bertz CT molecular complexity index is 1110. The summed E-state index contributed by atoms with van der Waals surface area (Å²) in [5.41, 5.74) is 2.50. The van der Waals surface area contributed by atoms with E-state index in [9.17, 15) is 14.4 Å². The first-order valence-corrected chi connectivity index (χ1v) is 10.3. The third-order valence-electron chi connectivity index (χ3n) is 5.02. The van der Waals surface area contributed by atoms with Gasteiger partial charge in [-0.2, -0.15) is 0 Å². The quantitative estimate of drug-likeness (QED) is 0.586. The van der Waals surface area contributed by atoms with Crippen LogP contribution in [-0.2, 0) is 9.63 Å². The maximum atomic E-state index is 12.5. The van der Waals surface area contributed by atoms with E-state index in [0.717, 1.165) is 21.2 Å². The van der Waals surface area contributed by atoms with Gasteiger partial charge in [0.25, 0.3) is 11.8 Å². The van der Waals surface area contributed by atoms with Crippen LogP contribution in [0.5, 0.6) is 0 Å². The first kappa shape index (κ1) is 18.4. The van der Waals surface area contributed by atoms with Gasteiger partial charge in [0.05, 0.1) is 28.9 Å². The smallest absolute Gasteiger partial charge is 0.335 e. The number of para-hydroxylation sites is 2. The van der Waals surface area contributed by atoms with Gasteiger partial charge in [0.1, 0.15) is 0 Å². The SMILES string of the molecule is O=C(CCN1c2ccccc2Sc2ccccc21)ON1C(=O)c2ccccc2C1=O. The maximum Gasteiger partial charge on any atom is 0.335 e. The number of hydrogen-bond acceptors (Lipinski definition) is 6. The van der Waals surface area contributed by atoms with Crippen LogP contribution in [0.25, 0.3) is 0 Å². The molecule has 6 nitrogen and oxygen atoms in total. The Labute approximate surface area is 177 Å². The fraction of sp³-hybridized carbons (Fsp3) is 0.0870. The van der Waals surface area contributed by atoms with Crippen molar-refractivity contribution >= 4 is 40.9 Å². The number of amides is 2. The van der Waals surface area contributed by atoms with Crippen LogP contribution in [0.4, 0.5) is 11.4 Å². The van der Waals surface area contributed by atoms with E-state index < -0.39 is 17.8 Å². The van der Waals surface area contributed by atoms with Gasteiger partial charge in [0.2, 0.25) is 0 Å². The number of imide groups is 1. The Kier molecular flexibility index (Phi) is 4.52. The highest BCUT2D eigenvalue weighted by molar-refractivity contribution is 7.99. The highest BCUT2D eigenvalue weighted by Gasteiger charge is 2.38. The van der Waals surface area contributed by atoms with Gasteiger partial charge in [-0.15, -0.1) is 0 Å². The molecule has 5 rings (SSSR count). The van der Waals surface area contributed by atoms with Gasteiger partial charge >= 0.3 is 5.97 Å². The summed E-state index contributed by atoms with van der Waals surface area (Å²) in [5, 5.41) is 0.556. The summed E-state index contributed by atoms with van der Waals surface area (Å²) in [5.74, 6) is -1.87. The summed E-state index contributed by atoms with van der Waals surface area (Å²) in [7, 11) is 0. The molecule has 0 fully saturated rings. The van der Waals surface area contributed by atoms with E-state index in [1.165, 1.54) is 0 Å². The molecule has 2 heterocycles. The molecule has 0 aromatic heterocycles. The predicted molar refractivity (Wildman–Crippen MR) is 112 cm³/mol. The molecule has 0 saturated carbocycles. The third-order valence-corrected chi connectivity index (χ3v) is 6.15. The molecule has 3 aromatic rings. The van der Waals surface area contributed by atoms with E-state index in [1.54, 1.807) is 36.0 Å². The molecule has 0 unspecified atom stereocenters. The summed E-state index contributed by atoms with van der Waals surface area (Å²) in [4.78, 5) is 46.7. The van der Waals surface area contributed by atoms with Crippen LogP contribution in [0.2, 0.25) is 0 Å². The molecule has 2 amide bonds. The average molecular weight is 416 g/mol. The van der Waals surface area contributed by atoms with E-state index >= 15 is 0 Å². The van der Waals surface area contributed by atoms with E-state index in [-0.39, 0.29) is 17.5 Å². The van der Waals surface area contributed by atoms with Crippen molar-refractivity contribution in [2.75, 3.05) is 11.4 Å². The first-order valence-electron chi connectivity index (χ1n) is 9.45. The van der Waals surface area contributed by atoms with Gasteiger partial charge < -0.3 is 9.74 Å². The molecule has 3 aromatic carbocycles. The van der Waals surface area contributed by atoms with Gasteiger partial charge in [-0.1, -0.05) is 53.2 Å². The van der Waals surface area contributed by atoms with Crippen molar-refractivity contribution in [2.24, 2.45) is 0 Å². The molecule has 0 spiro atoms. The zero-order valence-corrected chi connectivity index (χ0v) is 16.6. The Balaban J connectivity index is 1.32. The number of hydrogen-bond donors (Lipinski definition) is 0. The molecule has 30 heavy (non-hydrogen) atoms. The lowest BCUT2D eigenvalue weighted by atomic mass is 10.1. The summed E-state index contributed by atoms with van der Waals surface area (Å²) >= 11 is 1.68. The minimum Gasteiger partial charge on any atom is -0.339 e. The molecule has 2 aliphatic heterocycles. The zero-order chi connectivity index (χ0) is 20.7. The molecule has 0 N–H and O–H groups in total. The monoisotopic (exact) mass is 416 g/mol. The predicted octanol–water partition coefficient (Wildman–Crippen LogP) is 4.43. The molecule has 0 bridgehead atoms. The first-order chi connectivity index (χ1) is 14.6. The van der Waals surface area contributed by atoms with Crippen LogP contribution in [0.1, 0.15) is 27.1 Å². The van der Waals surface area contributed by atoms with E-state index in [2.05, 4.69) is 4.90 Å². The molecule has 148 valence electrons. The lowest BCUT2D eigenvalue weighted by molar-refractivity contribution is -0.168. The van der Waals surface area contributed by atoms with Crippen molar-refractivity contribution in [1.29, 1.82) is 0 Å². The minimum atomic E-state index is -0.641. The topological polar surface area (TPSA) is 66.9 Å². The van der Waals surface area contributed by atoms with E-state index in [0.29, 0.717) is 11.6 Å². The minimum absolute atomic E-state index is 0.0146. The number of fused-ring (bicyclic) bond motifs is 3. The second-order valence-corrected chi connectivity index (χ2v) is 7.94. The molecule has 7 heteroatoms. The fourth-order valence-electron chi connectivity index (χ4n) is 3.62. The van der Waals surface area contributed by atoms with Crippen LogP contribution >= 0.6 is 11.8 Å². The molecule has 0 radical (unpaired) electrons. The van der Waals surface area contributed by atoms with E-state index in [4.69, 9.17) is 4.84 Å². The van der Waals surface area contributed by atoms with Crippen LogP contribution in [-0.4, -0.2) is 29.4 Å². The fourth-order valence-corrected chi connectivity index (χ4v) is 4.72. The standard InChI is InChI=1S/C23H16N2O4S/c26-21(29-25-22(27)15-7-1-2-8-16(15)23(25)28)13-14-24-17-9-3-5-11-19(17)30-20-12-6-4-10-18(20)24/h1-12H,13-14H2. The summed E-state index contributed by atoms with van der Waals surface area (Å²) in [6.45, 7) is 0.358. The van der Waals surface area contributed by atoms with Crippen LogP contribution in [0.15, 0.2) is 82.6 Å². The molecular formula is C23H16N2O4S. The molecule has 2 aliphatic rings. The summed E-state index contributed by atoms with van der Waals surface area (Å²) in [6.07, 6.45) is 0.0146. The van der Waals surface area contributed by atoms with Crippen molar-refractivity contribution in [1.82, 2.24) is 5.06 Å². The number of carbonyl (C=O) groups is 3. The van der Waals surface area contributed by atoms with Gasteiger partial charge in [-0.3, -0.25) is 9.59 Å². The Morgan fingerprint density at radius 1 is 0.767 bits per heavy atom. The second-order valence-electron chi connectivity index (χ2n) is 6.85. The van der Waals surface area contributed by atoms with Gasteiger partial charge in [0.15, 0.2) is 0 Å². The van der Waals surface area contributed by atoms with Crippen molar-refractivity contribution in [3.05, 3.63) is 83.9 Å². The highest BCUT2D eigenvalue weighted by atomic mass is 32.2. The van der Waals surface area contributed by atoms with Crippen molar-refractivity contribution in [2.45, 2.75) is 16.2 Å². The van der Waals surface area contributed by atoms with Crippen LogP contribution in [0, 0.1) is 0 Å². The molecule has 0 atom stereocenters. The van der Waals surface area contributed by atoms with Crippen molar-refractivity contribution in [3.63, 3.8) is 0 Å². The Hall–Kier alpha value is -3.58. The summed E-state index contributed by atoms with van der Waals surface area (Å²) in [6, 6.07) is 22.4. The molecular weight excluding hydrogens is 400 g/mol. The van der Waals surface area contributed by atoms with E-state index in [1.807, 2.05) is 48.5 Å². The normalized spacial score (nSPS) is 14.3. The number of anilines is 2. The number of hydroxylamine groups is 2. The molecule has 0 saturated heterocycles. The number of nitrogens with zero attached hydrogens (tertiary/aromatic N) is 2. The zero-order valence-electron chi connectivity index (χ0n) is 15.8. The lowest BCUT2D eigenvalue weighted by Crippen LogP contribution is -2.34. The van der Waals surface area contributed by atoms with Gasteiger partial charge in [0, 0.05) is 16.3 Å². The second kappa shape index (κ2) is 7.35. The van der Waals surface area contributed by atoms with Gasteiger partial charge in [-0.05, 0) is 36.4 Å². The lowest BCUT2D eigenvalue weighted by Gasteiger charge is -2.32. The highest BCUT2D eigenvalue weighted by Crippen LogP contribution is 2.47. The van der Waals surface area contributed by atoms with Crippen LogP contribution in [0.3, 0.4) is 0 Å². The molecule has 0 aliphatic carbocycles.